The first-order chi connectivity index (χ1) is 7.00. The molecule has 0 fully saturated rings. The summed E-state index contributed by atoms with van der Waals surface area (Å²) in [6.45, 7) is 0. The topological polar surface area (TPSA) is 0 Å². The van der Waals surface area contributed by atoms with Crippen molar-refractivity contribution in [2.75, 3.05) is 0 Å². The van der Waals surface area contributed by atoms with Crippen LogP contribution in [-0.2, 0) is 0 Å². The Balaban J connectivity index is 2.36. The maximum Gasteiger partial charge on any atom is 0.00473 e. The Bertz CT molecular complexity index is 228. The Morgan fingerprint density at radius 1 is 0.500 bits per heavy atom. The van der Waals surface area contributed by atoms with Gasteiger partial charge in [0.15, 0.2) is 0 Å². The molecule has 0 atom stereocenters. The SMILES string of the molecule is [CH]1/C=C\CCCCC\C=C/C=C/C=C/1. The molecule has 0 bridgehead atoms. The Hall–Kier alpha value is -1.04. The van der Waals surface area contributed by atoms with Gasteiger partial charge >= 0.3 is 0 Å². The molecule has 0 nitrogen and oxygen atoms in total. The van der Waals surface area contributed by atoms with Gasteiger partial charge in [0.2, 0.25) is 0 Å². The van der Waals surface area contributed by atoms with Gasteiger partial charge in [0.25, 0.3) is 0 Å². The van der Waals surface area contributed by atoms with Gasteiger partial charge in [-0.05, 0) is 25.7 Å². The maximum absolute atomic E-state index is 2.25. The molecule has 0 aromatic rings. The summed E-state index contributed by atoms with van der Waals surface area (Å²) >= 11 is 0. The lowest BCUT2D eigenvalue weighted by molar-refractivity contribution is 0.696. The minimum atomic E-state index is 1.21. The Morgan fingerprint density at radius 3 is 2.00 bits per heavy atom. The van der Waals surface area contributed by atoms with E-state index >= 15 is 0 Å². The van der Waals surface area contributed by atoms with E-state index in [0.29, 0.717) is 0 Å². The van der Waals surface area contributed by atoms with Gasteiger partial charge in [-0.1, -0.05) is 55.0 Å². The fraction of sp³-hybridized carbons (Fsp3) is 0.357. The van der Waals surface area contributed by atoms with Gasteiger partial charge in [0.1, 0.15) is 0 Å². The third-order valence-corrected chi connectivity index (χ3v) is 2.18. The van der Waals surface area contributed by atoms with E-state index in [9.17, 15) is 0 Å². The average molecular weight is 187 g/mol. The van der Waals surface area contributed by atoms with E-state index in [4.69, 9.17) is 0 Å². The van der Waals surface area contributed by atoms with E-state index in [1.165, 1.54) is 32.1 Å². The lowest BCUT2D eigenvalue weighted by atomic mass is 10.1. The van der Waals surface area contributed by atoms with Crippen LogP contribution in [0.15, 0.2) is 48.6 Å². The summed E-state index contributed by atoms with van der Waals surface area (Å²) < 4.78 is 0. The molecule has 0 spiro atoms. The predicted octanol–water partition coefficient (Wildman–Crippen LogP) is 4.38. The van der Waals surface area contributed by atoms with Gasteiger partial charge in [0.05, 0.1) is 0 Å². The van der Waals surface area contributed by atoms with Gasteiger partial charge in [0, 0.05) is 6.42 Å². The van der Waals surface area contributed by atoms with Crippen molar-refractivity contribution in [3.05, 3.63) is 55.0 Å². The largest absolute Gasteiger partial charge is 0.0879 e. The van der Waals surface area contributed by atoms with Crippen LogP contribution >= 0.6 is 0 Å². The van der Waals surface area contributed by atoms with E-state index < -0.39 is 0 Å². The summed E-state index contributed by atoms with van der Waals surface area (Å²) in [4.78, 5) is 0. The van der Waals surface area contributed by atoms with Gasteiger partial charge < -0.3 is 0 Å². The summed E-state index contributed by atoms with van der Waals surface area (Å²) in [5.41, 5.74) is 0. The van der Waals surface area contributed by atoms with E-state index in [-0.39, 0.29) is 0 Å². The summed E-state index contributed by atoms with van der Waals surface area (Å²) in [6, 6.07) is 0. The summed E-state index contributed by atoms with van der Waals surface area (Å²) in [6.07, 6.45) is 25.5. The molecule has 0 unspecified atom stereocenters. The zero-order valence-electron chi connectivity index (χ0n) is 8.73. The Kier molecular flexibility index (Phi) is 6.74. The second kappa shape index (κ2) is 8.55. The molecule has 0 saturated carbocycles. The monoisotopic (exact) mass is 187 g/mol. The van der Waals surface area contributed by atoms with Crippen LogP contribution in [0.3, 0.4) is 0 Å². The second-order valence-corrected chi connectivity index (χ2v) is 3.46. The minimum absolute atomic E-state index is 1.21. The minimum Gasteiger partial charge on any atom is -0.0879 e. The number of allylic oxidation sites excluding steroid dienone is 8. The van der Waals surface area contributed by atoms with Crippen molar-refractivity contribution >= 4 is 0 Å². The first kappa shape index (κ1) is 11.0. The lowest BCUT2D eigenvalue weighted by Gasteiger charge is -1.94. The van der Waals surface area contributed by atoms with Crippen molar-refractivity contribution in [3.63, 3.8) is 0 Å². The standard InChI is InChI=1S/C14H19/c1-2-4-6-8-10-12-14-13-11-9-7-5-3-1/h1-9H,10-14H2/b2-1+,5-3+,8-6-,9-7-. The lowest BCUT2D eigenvalue weighted by Crippen LogP contribution is -1.75. The molecule has 75 valence electrons. The third-order valence-electron chi connectivity index (χ3n) is 2.18. The molecule has 0 N–H and O–H groups in total. The van der Waals surface area contributed by atoms with E-state index in [1.54, 1.807) is 0 Å². The third kappa shape index (κ3) is 6.47. The normalized spacial score (nSPS) is 28.6. The molecule has 0 aromatic heterocycles. The average Bonchev–Trinajstić information content (AvgIpc) is 2.22. The van der Waals surface area contributed by atoms with Crippen LogP contribution in [-0.4, -0.2) is 0 Å². The highest BCUT2D eigenvalue weighted by molar-refractivity contribution is 5.17. The highest BCUT2D eigenvalue weighted by Crippen LogP contribution is 2.05. The van der Waals surface area contributed by atoms with Crippen molar-refractivity contribution in [1.82, 2.24) is 0 Å². The molecule has 0 saturated heterocycles. The molecule has 1 aliphatic carbocycles. The van der Waals surface area contributed by atoms with Gasteiger partial charge in [-0.15, -0.1) is 0 Å². The van der Waals surface area contributed by atoms with Crippen molar-refractivity contribution in [1.29, 1.82) is 0 Å². The Labute approximate surface area is 87.7 Å². The number of hydrogen-bond acceptors (Lipinski definition) is 0. The van der Waals surface area contributed by atoms with Crippen molar-refractivity contribution in [2.24, 2.45) is 0 Å². The van der Waals surface area contributed by atoms with Gasteiger partial charge in [-0.2, -0.15) is 0 Å². The molecule has 0 aliphatic heterocycles. The van der Waals surface area contributed by atoms with Crippen molar-refractivity contribution in [3.8, 4) is 0 Å². The predicted molar refractivity (Wildman–Crippen MR) is 63.9 cm³/mol. The smallest absolute Gasteiger partial charge is 0.00473 e. The Morgan fingerprint density at radius 2 is 1.14 bits per heavy atom. The van der Waals surface area contributed by atoms with Crippen molar-refractivity contribution < 1.29 is 0 Å². The second-order valence-electron chi connectivity index (χ2n) is 3.46. The highest BCUT2D eigenvalue weighted by Gasteiger charge is 1.85. The van der Waals surface area contributed by atoms with Gasteiger partial charge in [-0.25, -0.2) is 0 Å². The van der Waals surface area contributed by atoms with E-state index in [2.05, 4.69) is 55.0 Å². The summed E-state index contributed by atoms with van der Waals surface area (Å²) in [5, 5.41) is 0. The molecule has 0 heterocycles. The molecule has 14 heavy (non-hydrogen) atoms. The molecule has 0 aromatic carbocycles. The van der Waals surface area contributed by atoms with Crippen LogP contribution in [0.2, 0.25) is 0 Å². The first-order valence-corrected chi connectivity index (χ1v) is 5.48. The van der Waals surface area contributed by atoms with Crippen LogP contribution in [0, 0.1) is 6.42 Å². The molecule has 0 heteroatoms. The zero-order valence-corrected chi connectivity index (χ0v) is 8.73. The van der Waals surface area contributed by atoms with Crippen molar-refractivity contribution in [2.45, 2.75) is 32.1 Å². The maximum atomic E-state index is 2.25. The first-order valence-electron chi connectivity index (χ1n) is 5.48. The van der Waals surface area contributed by atoms with E-state index in [1.807, 2.05) is 0 Å². The van der Waals surface area contributed by atoms with Crippen LogP contribution < -0.4 is 0 Å². The van der Waals surface area contributed by atoms with Gasteiger partial charge in [-0.3, -0.25) is 0 Å². The molecule has 1 aliphatic rings. The fourth-order valence-electron chi connectivity index (χ4n) is 1.37. The van der Waals surface area contributed by atoms with Crippen LogP contribution in [0.4, 0.5) is 0 Å². The number of hydrogen-bond donors (Lipinski definition) is 0. The van der Waals surface area contributed by atoms with Crippen LogP contribution in [0.1, 0.15) is 32.1 Å². The van der Waals surface area contributed by atoms with E-state index in [0.717, 1.165) is 0 Å². The molecule has 1 radical (unpaired) electrons. The highest BCUT2D eigenvalue weighted by atomic mass is 13.9. The summed E-state index contributed by atoms with van der Waals surface area (Å²) in [5.74, 6) is 0. The zero-order chi connectivity index (χ0) is 9.90. The molecular formula is C14H19. The molecule has 0 amide bonds. The quantitative estimate of drug-likeness (QED) is 0.528. The molecular weight excluding hydrogens is 168 g/mol. The van der Waals surface area contributed by atoms with Crippen LogP contribution in [0.25, 0.3) is 0 Å². The van der Waals surface area contributed by atoms with Crippen LogP contribution in [0.5, 0.6) is 0 Å². The molecule has 1 rings (SSSR count). The summed E-state index contributed by atoms with van der Waals surface area (Å²) in [7, 11) is 0. The fourth-order valence-corrected chi connectivity index (χ4v) is 1.37. The number of rotatable bonds is 0.